The van der Waals surface area contributed by atoms with Crippen molar-refractivity contribution in [2.24, 2.45) is 5.92 Å². The highest BCUT2D eigenvalue weighted by Gasteiger charge is 2.43. The molecule has 2 aliphatic rings. The molecule has 0 heterocycles. The molecule has 118 valence electrons. The van der Waals surface area contributed by atoms with Crippen molar-refractivity contribution in [2.75, 3.05) is 0 Å². The van der Waals surface area contributed by atoms with Crippen molar-refractivity contribution in [2.45, 2.75) is 57.5 Å². The molecule has 1 nitrogen and oxygen atoms in total. The minimum atomic E-state index is -1.63. The number of unbranched alkanes of at least 4 members (excludes halogenated alkanes) is 1. The number of hydrogen-bond donors (Lipinski definition) is 0. The second kappa shape index (κ2) is 6.27. The third kappa shape index (κ3) is 2.92. The quantitative estimate of drug-likeness (QED) is 0.673. The molecular formula is C19H22BrFO. The first-order valence-corrected chi connectivity index (χ1v) is 9.04. The second-order valence-electron chi connectivity index (χ2n) is 6.60. The fourth-order valence-corrected chi connectivity index (χ4v) is 4.12. The van der Waals surface area contributed by atoms with Gasteiger partial charge in [-0.3, -0.25) is 4.79 Å². The SMILES string of the molecule is CCCCC(=O)[C@@]1(F)CC=C2c3cc(Br)ccc3CC[C@H]2C1. The number of ketones is 1. The molecule has 1 aromatic rings. The van der Waals surface area contributed by atoms with Gasteiger partial charge < -0.3 is 0 Å². The number of hydrogen-bond acceptors (Lipinski definition) is 1. The Labute approximate surface area is 140 Å². The van der Waals surface area contributed by atoms with Crippen molar-refractivity contribution >= 4 is 27.3 Å². The van der Waals surface area contributed by atoms with Crippen LogP contribution in [0.2, 0.25) is 0 Å². The van der Waals surface area contributed by atoms with Gasteiger partial charge >= 0.3 is 0 Å². The van der Waals surface area contributed by atoms with E-state index < -0.39 is 5.67 Å². The summed E-state index contributed by atoms with van der Waals surface area (Å²) in [6.07, 6.45) is 6.64. The predicted octanol–water partition coefficient (Wildman–Crippen LogP) is 5.66. The van der Waals surface area contributed by atoms with Gasteiger partial charge in [0.1, 0.15) is 0 Å². The first-order valence-electron chi connectivity index (χ1n) is 8.24. The van der Waals surface area contributed by atoms with Crippen LogP contribution in [0.4, 0.5) is 4.39 Å². The monoisotopic (exact) mass is 364 g/mol. The molecule has 22 heavy (non-hydrogen) atoms. The van der Waals surface area contributed by atoms with Crippen LogP contribution in [0.5, 0.6) is 0 Å². The van der Waals surface area contributed by atoms with Gasteiger partial charge in [0.15, 0.2) is 11.5 Å². The Kier molecular flexibility index (Phi) is 4.54. The van der Waals surface area contributed by atoms with Crippen LogP contribution in [0.3, 0.4) is 0 Å². The average molecular weight is 365 g/mol. The van der Waals surface area contributed by atoms with E-state index in [0.717, 1.165) is 30.2 Å². The molecule has 2 aliphatic carbocycles. The minimum Gasteiger partial charge on any atom is -0.296 e. The number of rotatable bonds is 4. The van der Waals surface area contributed by atoms with Gasteiger partial charge in [-0.2, -0.15) is 0 Å². The zero-order valence-corrected chi connectivity index (χ0v) is 14.6. The van der Waals surface area contributed by atoms with E-state index in [1.165, 1.54) is 16.7 Å². The maximum Gasteiger partial charge on any atom is 0.172 e. The Morgan fingerprint density at radius 1 is 1.45 bits per heavy atom. The molecule has 0 aromatic heterocycles. The molecule has 0 saturated heterocycles. The van der Waals surface area contributed by atoms with E-state index in [1.807, 2.05) is 13.0 Å². The molecular weight excluding hydrogens is 343 g/mol. The predicted molar refractivity (Wildman–Crippen MR) is 91.5 cm³/mol. The zero-order valence-electron chi connectivity index (χ0n) is 13.0. The van der Waals surface area contributed by atoms with Crippen LogP contribution >= 0.6 is 15.9 Å². The maximum atomic E-state index is 15.1. The smallest absolute Gasteiger partial charge is 0.172 e. The van der Waals surface area contributed by atoms with Crippen molar-refractivity contribution in [3.05, 3.63) is 39.9 Å². The fourth-order valence-electron chi connectivity index (χ4n) is 3.76. The van der Waals surface area contributed by atoms with Gasteiger partial charge in [-0.05, 0) is 60.4 Å². The number of allylic oxidation sites excluding steroid dienone is 2. The Morgan fingerprint density at radius 3 is 3.05 bits per heavy atom. The highest BCUT2D eigenvalue weighted by Crippen LogP contribution is 2.46. The Hall–Kier alpha value is -0.960. The zero-order chi connectivity index (χ0) is 15.7. The highest BCUT2D eigenvalue weighted by atomic mass is 79.9. The largest absolute Gasteiger partial charge is 0.296 e. The summed E-state index contributed by atoms with van der Waals surface area (Å²) in [4.78, 5) is 12.2. The van der Waals surface area contributed by atoms with Crippen LogP contribution in [0.1, 0.15) is 56.6 Å². The third-order valence-electron chi connectivity index (χ3n) is 5.06. The van der Waals surface area contributed by atoms with E-state index >= 15 is 4.39 Å². The van der Waals surface area contributed by atoms with Crippen LogP contribution in [0.15, 0.2) is 28.7 Å². The number of carbonyl (C=O) groups is 1. The molecule has 0 unspecified atom stereocenters. The Bertz CT molecular complexity index is 622. The molecule has 3 rings (SSSR count). The Balaban J connectivity index is 1.86. The molecule has 0 radical (unpaired) electrons. The van der Waals surface area contributed by atoms with Crippen LogP contribution in [0, 0.1) is 5.92 Å². The van der Waals surface area contributed by atoms with Crippen molar-refractivity contribution in [1.29, 1.82) is 0 Å². The third-order valence-corrected chi connectivity index (χ3v) is 5.55. The molecule has 0 bridgehead atoms. The normalized spacial score (nSPS) is 26.9. The van der Waals surface area contributed by atoms with E-state index in [0.29, 0.717) is 12.8 Å². The standard InChI is InChI=1S/C19H22BrFO/c1-2-3-4-18(22)19(21)10-9-16-14(12-19)6-5-13-7-8-15(20)11-17(13)16/h7-9,11,14H,2-6,10,12H2,1H3/t14-,19+/m0/s1. The lowest BCUT2D eigenvalue weighted by Gasteiger charge is -2.37. The summed E-state index contributed by atoms with van der Waals surface area (Å²) in [5.74, 6) is -0.00387. The van der Waals surface area contributed by atoms with Gasteiger partial charge in [0, 0.05) is 17.3 Å². The van der Waals surface area contributed by atoms with Gasteiger partial charge in [-0.25, -0.2) is 4.39 Å². The van der Waals surface area contributed by atoms with E-state index in [9.17, 15) is 4.79 Å². The number of benzene rings is 1. The van der Waals surface area contributed by atoms with E-state index in [1.54, 1.807) is 0 Å². The van der Waals surface area contributed by atoms with Crippen molar-refractivity contribution < 1.29 is 9.18 Å². The lowest BCUT2D eigenvalue weighted by atomic mass is 9.69. The summed E-state index contributed by atoms with van der Waals surface area (Å²) in [6, 6.07) is 6.36. The fraction of sp³-hybridized carbons (Fsp3) is 0.526. The number of Topliss-reactive ketones (excluding diaryl/α,β-unsaturated/α-hetero) is 1. The number of fused-ring (bicyclic) bond motifs is 3. The van der Waals surface area contributed by atoms with Gasteiger partial charge in [-0.15, -0.1) is 0 Å². The number of aryl methyl sites for hydroxylation is 1. The summed E-state index contributed by atoms with van der Waals surface area (Å²) in [5.41, 5.74) is 2.20. The lowest BCUT2D eigenvalue weighted by molar-refractivity contribution is -0.131. The Morgan fingerprint density at radius 2 is 2.27 bits per heavy atom. The van der Waals surface area contributed by atoms with Gasteiger partial charge in [0.25, 0.3) is 0 Å². The van der Waals surface area contributed by atoms with Gasteiger partial charge in [0.2, 0.25) is 0 Å². The first-order chi connectivity index (χ1) is 10.5. The summed E-state index contributed by atoms with van der Waals surface area (Å²) < 4.78 is 16.2. The van der Waals surface area contributed by atoms with E-state index in [-0.39, 0.29) is 18.1 Å². The summed E-state index contributed by atoms with van der Waals surface area (Å²) in [5, 5.41) is 0. The summed E-state index contributed by atoms with van der Waals surface area (Å²) in [6.45, 7) is 2.03. The molecule has 3 heteroatoms. The molecule has 0 amide bonds. The molecule has 2 atom stereocenters. The van der Waals surface area contributed by atoms with Crippen LogP contribution < -0.4 is 0 Å². The molecule has 1 aromatic carbocycles. The number of carbonyl (C=O) groups excluding carboxylic acids is 1. The highest BCUT2D eigenvalue weighted by molar-refractivity contribution is 9.10. The minimum absolute atomic E-state index is 0.186. The van der Waals surface area contributed by atoms with E-state index in [4.69, 9.17) is 0 Å². The summed E-state index contributed by atoms with van der Waals surface area (Å²) in [7, 11) is 0. The summed E-state index contributed by atoms with van der Waals surface area (Å²) >= 11 is 3.53. The van der Waals surface area contributed by atoms with Crippen molar-refractivity contribution in [1.82, 2.24) is 0 Å². The number of alkyl halides is 1. The molecule has 0 fully saturated rings. The van der Waals surface area contributed by atoms with Crippen molar-refractivity contribution in [3.8, 4) is 0 Å². The van der Waals surface area contributed by atoms with Crippen LogP contribution in [-0.4, -0.2) is 11.5 Å². The van der Waals surface area contributed by atoms with Gasteiger partial charge in [0.05, 0.1) is 0 Å². The first kappa shape index (κ1) is 15.9. The molecule has 0 aliphatic heterocycles. The maximum absolute atomic E-state index is 15.1. The topological polar surface area (TPSA) is 17.1 Å². The lowest BCUT2D eigenvalue weighted by Crippen LogP contribution is -2.39. The molecule has 0 N–H and O–H groups in total. The number of halogens is 2. The molecule has 0 saturated carbocycles. The van der Waals surface area contributed by atoms with Crippen LogP contribution in [0.25, 0.3) is 5.57 Å². The van der Waals surface area contributed by atoms with E-state index in [2.05, 4.69) is 34.1 Å². The van der Waals surface area contributed by atoms with Crippen molar-refractivity contribution in [3.63, 3.8) is 0 Å². The van der Waals surface area contributed by atoms with Crippen LogP contribution in [-0.2, 0) is 11.2 Å². The average Bonchev–Trinajstić information content (AvgIpc) is 2.52. The second-order valence-corrected chi connectivity index (χ2v) is 7.51. The van der Waals surface area contributed by atoms with Gasteiger partial charge in [-0.1, -0.05) is 41.4 Å². The molecule has 0 spiro atoms.